The van der Waals surface area contributed by atoms with Crippen molar-refractivity contribution in [1.82, 2.24) is 30.1 Å². The van der Waals surface area contributed by atoms with E-state index in [1.165, 1.54) is 17.1 Å². The quantitative estimate of drug-likeness (QED) is 0.816. The zero-order valence-corrected chi connectivity index (χ0v) is 12.3. The van der Waals surface area contributed by atoms with E-state index in [9.17, 15) is 18.0 Å². The van der Waals surface area contributed by atoms with E-state index in [4.69, 9.17) is 4.74 Å². The predicted octanol–water partition coefficient (Wildman–Crippen LogP) is 0.767. The van der Waals surface area contributed by atoms with E-state index in [-0.39, 0.29) is 24.4 Å². The highest BCUT2D eigenvalue weighted by atomic mass is 19.4. The molecule has 2 aromatic heterocycles. The molecule has 1 atom stereocenters. The molecule has 11 heteroatoms. The number of halogens is 3. The number of rotatable bonds is 4. The van der Waals surface area contributed by atoms with Crippen LogP contribution in [0.3, 0.4) is 0 Å². The molecule has 128 valence electrons. The second kappa shape index (κ2) is 6.42. The summed E-state index contributed by atoms with van der Waals surface area (Å²) in [5.74, 6) is -0.0587. The molecule has 0 bridgehead atoms. The molecule has 8 nitrogen and oxygen atoms in total. The van der Waals surface area contributed by atoms with Crippen molar-refractivity contribution in [1.29, 1.82) is 0 Å². The Morgan fingerprint density at radius 1 is 1.38 bits per heavy atom. The van der Waals surface area contributed by atoms with E-state index in [1.54, 1.807) is 4.90 Å². The fraction of sp³-hybridized carbons (Fsp3) is 0.462. The summed E-state index contributed by atoms with van der Waals surface area (Å²) in [5.41, 5.74) is -0.834. The van der Waals surface area contributed by atoms with Crippen LogP contribution in [0, 0.1) is 0 Å². The summed E-state index contributed by atoms with van der Waals surface area (Å²) in [5, 5.41) is 10.5. The summed E-state index contributed by atoms with van der Waals surface area (Å²) in [6.07, 6.45) is -2.10. The number of nitrogens with zero attached hydrogens (tertiary/aromatic N) is 6. The van der Waals surface area contributed by atoms with Crippen molar-refractivity contribution < 1.29 is 22.7 Å². The third-order valence-corrected chi connectivity index (χ3v) is 3.54. The van der Waals surface area contributed by atoms with Crippen LogP contribution in [0.15, 0.2) is 24.7 Å². The normalized spacial score (nSPS) is 18.0. The van der Waals surface area contributed by atoms with E-state index >= 15 is 0 Å². The fourth-order valence-electron chi connectivity index (χ4n) is 2.33. The van der Waals surface area contributed by atoms with Crippen molar-refractivity contribution in [3.63, 3.8) is 0 Å². The van der Waals surface area contributed by atoms with Gasteiger partial charge in [-0.1, -0.05) is 0 Å². The van der Waals surface area contributed by atoms with Gasteiger partial charge in [-0.3, -0.25) is 4.79 Å². The van der Waals surface area contributed by atoms with Gasteiger partial charge < -0.3 is 9.64 Å². The third-order valence-electron chi connectivity index (χ3n) is 3.54. The van der Waals surface area contributed by atoms with Gasteiger partial charge in [0.1, 0.15) is 19.0 Å². The number of hydrogen-bond donors (Lipinski definition) is 0. The minimum Gasteiger partial charge on any atom is -0.472 e. The Hall–Kier alpha value is -2.72. The largest absolute Gasteiger partial charge is 0.472 e. The summed E-state index contributed by atoms with van der Waals surface area (Å²) < 4.78 is 44.3. The van der Waals surface area contributed by atoms with Crippen LogP contribution < -0.4 is 4.74 Å². The van der Waals surface area contributed by atoms with Crippen LogP contribution >= 0.6 is 0 Å². The molecule has 3 rings (SSSR count). The van der Waals surface area contributed by atoms with E-state index in [2.05, 4.69) is 20.5 Å². The Morgan fingerprint density at radius 2 is 2.21 bits per heavy atom. The first kappa shape index (κ1) is 16.1. The van der Waals surface area contributed by atoms with Crippen LogP contribution in [-0.4, -0.2) is 55.2 Å². The maximum absolute atomic E-state index is 12.5. The van der Waals surface area contributed by atoms with Gasteiger partial charge in [-0.15, -0.1) is 5.10 Å². The maximum atomic E-state index is 12.5. The monoisotopic (exact) mass is 342 g/mol. The van der Waals surface area contributed by atoms with Crippen molar-refractivity contribution in [2.45, 2.75) is 25.2 Å². The lowest BCUT2D eigenvalue weighted by Gasteiger charge is -2.16. The minimum absolute atomic E-state index is 0.0260. The molecule has 1 aliphatic heterocycles. The van der Waals surface area contributed by atoms with Crippen molar-refractivity contribution >= 4 is 5.91 Å². The molecule has 0 saturated carbocycles. The van der Waals surface area contributed by atoms with Crippen molar-refractivity contribution in [3.8, 4) is 5.88 Å². The summed E-state index contributed by atoms with van der Waals surface area (Å²) in [7, 11) is 0. The Kier molecular flexibility index (Phi) is 4.32. The van der Waals surface area contributed by atoms with Crippen LogP contribution in [0.1, 0.15) is 12.0 Å². The van der Waals surface area contributed by atoms with E-state index in [1.807, 2.05) is 0 Å². The summed E-state index contributed by atoms with van der Waals surface area (Å²) >= 11 is 0. The third kappa shape index (κ3) is 3.78. The van der Waals surface area contributed by atoms with Gasteiger partial charge in [0, 0.05) is 25.2 Å². The molecule has 3 heterocycles. The van der Waals surface area contributed by atoms with Gasteiger partial charge in [0.05, 0.1) is 12.1 Å². The van der Waals surface area contributed by atoms with E-state index < -0.39 is 11.7 Å². The van der Waals surface area contributed by atoms with Crippen molar-refractivity contribution in [2.75, 3.05) is 13.1 Å². The highest BCUT2D eigenvalue weighted by molar-refractivity contribution is 5.76. The molecular weight excluding hydrogens is 329 g/mol. The second-order valence-electron chi connectivity index (χ2n) is 5.26. The van der Waals surface area contributed by atoms with E-state index in [0.29, 0.717) is 19.5 Å². The predicted molar refractivity (Wildman–Crippen MR) is 72.7 cm³/mol. The van der Waals surface area contributed by atoms with Crippen LogP contribution in [0.2, 0.25) is 0 Å². The molecule has 1 fully saturated rings. The van der Waals surface area contributed by atoms with Crippen LogP contribution in [0.4, 0.5) is 13.2 Å². The molecule has 0 spiro atoms. The minimum atomic E-state index is -4.43. The Bertz CT molecular complexity index is 689. The summed E-state index contributed by atoms with van der Waals surface area (Å²) in [4.78, 5) is 17.3. The molecule has 1 amide bonds. The number of amides is 1. The highest BCUT2D eigenvalue weighted by Crippen LogP contribution is 2.29. The number of ether oxygens (including phenoxy) is 1. The summed E-state index contributed by atoms with van der Waals surface area (Å²) in [6.45, 7) is 0.855. The standard InChI is InChI=1S/C13H13F3N6O2/c14-13(15,16)9-1-2-11(17-5-9)24-10-3-4-21(6-10)12(23)7-22-8-18-19-20-22/h1-2,5,8,10H,3-4,6-7H2. The lowest BCUT2D eigenvalue weighted by molar-refractivity contribution is -0.138. The second-order valence-corrected chi connectivity index (χ2v) is 5.26. The lowest BCUT2D eigenvalue weighted by Crippen LogP contribution is -2.33. The Labute approximate surface area is 134 Å². The number of hydrogen-bond acceptors (Lipinski definition) is 6. The molecule has 0 radical (unpaired) electrons. The molecule has 2 aromatic rings. The zero-order chi connectivity index (χ0) is 17.2. The van der Waals surface area contributed by atoms with Crippen LogP contribution in [0.5, 0.6) is 5.88 Å². The number of tetrazole rings is 1. The summed E-state index contributed by atoms with van der Waals surface area (Å²) in [6, 6.07) is 2.09. The number of alkyl halides is 3. The SMILES string of the molecule is O=C(Cn1cnnn1)N1CCC(Oc2ccc(C(F)(F)F)cn2)C1. The van der Waals surface area contributed by atoms with Crippen LogP contribution in [0.25, 0.3) is 0 Å². The number of pyridine rings is 1. The van der Waals surface area contributed by atoms with Gasteiger partial charge in [-0.25, -0.2) is 9.67 Å². The van der Waals surface area contributed by atoms with Gasteiger partial charge >= 0.3 is 6.18 Å². The smallest absolute Gasteiger partial charge is 0.417 e. The molecule has 24 heavy (non-hydrogen) atoms. The number of aromatic nitrogens is 5. The molecule has 0 aliphatic carbocycles. The lowest BCUT2D eigenvalue weighted by atomic mass is 10.3. The Balaban J connectivity index is 1.53. The van der Waals surface area contributed by atoms with E-state index in [0.717, 1.165) is 12.3 Å². The first-order valence-corrected chi connectivity index (χ1v) is 7.10. The topological polar surface area (TPSA) is 86.0 Å². The highest BCUT2D eigenvalue weighted by Gasteiger charge is 2.31. The molecule has 1 aliphatic rings. The number of carbonyl (C=O) groups is 1. The fourth-order valence-corrected chi connectivity index (χ4v) is 2.33. The average Bonchev–Trinajstić information content (AvgIpc) is 3.18. The van der Waals surface area contributed by atoms with Crippen molar-refractivity contribution in [3.05, 3.63) is 30.2 Å². The van der Waals surface area contributed by atoms with Gasteiger partial charge in [-0.05, 0) is 16.5 Å². The van der Waals surface area contributed by atoms with Gasteiger partial charge in [-0.2, -0.15) is 13.2 Å². The number of carbonyl (C=O) groups excluding carboxylic acids is 1. The molecular formula is C13H13F3N6O2. The van der Waals surface area contributed by atoms with Gasteiger partial charge in [0.2, 0.25) is 11.8 Å². The van der Waals surface area contributed by atoms with Crippen LogP contribution in [-0.2, 0) is 17.5 Å². The average molecular weight is 342 g/mol. The molecule has 1 unspecified atom stereocenters. The van der Waals surface area contributed by atoms with Gasteiger partial charge in [0.25, 0.3) is 0 Å². The first-order chi connectivity index (χ1) is 11.4. The first-order valence-electron chi connectivity index (χ1n) is 7.10. The van der Waals surface area contributed by atoms with Gasteiger partial charge in [0.15, 0.2) is 0 Å². The number of likely N-dealkylation sites (tertiary alicyclic amines) is 1. The van der Waals surface area contributed by atoms with Crippen molar-refractivity contribution in [2.24, 2.45) is 0 Å². The molecule has 0 aromatic carbocycles. The molecule has 0 N–H and O–H groups in total. The zero-order valence-electron chi connectivity index (χ0n) is 12.3. The Morgan fingerprint density at radius 3 is 2.83 bits per heavy atom. The molecule has 1 saturated heterocycles. The maximum Gasteiger partial charge on any atom is 0.417 e.